The molecule has 0 spiro atoms. The molecule has 0 amide bonds. The second-order valence-corrected chi connectivity index (χ2v) is 11.8. The minimum absolute atomic E-state index is 0.738. The van der Waals surface area contributed by atoms with Crippen LogP contribution in [0.3, 0.4) is 0 Å². The molecule has 0 saturated carbocycles. The quantitative estimate of drug-likeness (QED) is 0.236. The Labute approximate surface area is 238 Å². The highest BCUT2D eigenvalue weighted by atomic mass is 32.1. The van der Waals surface area contributed by atoms with Crippen LogP contribution in [0.4, 0.5) is 0 Å². The van der Waals surface area contributed by atoms with Crippen molar-refractivity contribution in [2.24, 2.45) is 5.92 Å². The number of nitrogens with one attached hydrogen (secondary N) is 3. The molecule has 0 radical (unpaired) electrons. The molecule has 0 atom stereocenters. The number of aromatic nitrogens is 5. The molecule has 6 rings (SSSR count). The topological polar surface area (TPSA) is 82.3 Å². The summed E-state index contributed by atoms with van der Waals surface area (Å²) in [6.45, 7) is 14.8. The van der Waals surface area contributed by atoms with Gasteiger partial charge in [-0.2, -0.15) is 5.10 Å². The third-order valence-electron chi connectivity index (χ3n) is 7.70. The van der Waals surface area contributed by atoms with Gasteiger partial charge in [0.25, 0.3) is 0 Å². The maximum atomic E-state index is 4.70. The monoisotopic (exact) mass is 546 g/mol. The van der Waals surface area contributed by atoms with Crippen LogP contribution in [-0.2, 0) is 6.42 Å². The van der Waals surface area contributed by atoms with E-state index in [4.69, 9.17) is 4.98 Å². The van der Waals surface area contributed by atoms with Crippen molar-refractivity contribution in [3.63, 3.8) is 0 Å². The number of hydrogen-bond donors (Lipinski definition) is 3. The number of hydrogen-bond acceptors (Lipinski definition) is 5. The summed E-state index contributed by atoms with van der Waals surface area (Å²) in [5.41, 5.74) is 8.37. The molecule has 6 heterocycles. The molecular formula is C33H34N6S. The summed E-state index contributed by atoms with van der Waals surface area (Å²) >= 11 is 1.71. The van der Waals surface area contributed by atoms with E-state index >= 15 is 0 Å². The SMILES string of the molecule is C=C(C)c1ccc(-c2nccc3[nH]c(-c4n[nH]/c(=C/C=C(\C)c5cncc(CC6CCNCC6)c5)c4=C)cc23)s1. The van der Waals surface area contributed by atoms with E-state index in [1.807, 2.05) is 37.7 Å². The third-order valence-corrected chi connectivity index (χ3v) is 8.95. The van der Waals surface area contributed by atoms with Gasteiger partial charge in [-0.05, 0) is 111 Å². The molecular weight excluding hydrogens is 512 g/mol. The van der Waals surface area contributed by atoms with Gasteiger partial charge in [-0.1, -0.05) is 19.2 Å². The van der Waals surface area contributed by atoms with Crippen molar-refractivity contribution in [2.75, 3.05) is 13.1 Å². The highest BCUT2D eigenvalue weighted by molar-refractivity contribution is 7.16. The zero-order chi connectivity index (χ0) is 27.6. The van der Waals surface area contributed by atoms with Crippen LogP contribution in [0, 0.1) is 5.92 Å². The van der Waals surface area contributed by atoms with E-state index in [9.17, 15) is 0 Å². The Bertz CT molecular complexity index is 1830. The van der Waals surface area contributed by atoms with Crippen LogP contribution in [0.5, 0.6) is 0 Å². The minimum atomic E-state index is 0.738. The number of fused-ring (bicyclic) bond motifs is 1. The predicted octanol–water partition coefficient (Wildman–Crippen LogP) is 5.95. The zero-order valence-electron chi connectivity index (χ0n) is 23.1. The molecule has 0 aliphatic carbocycles. The number of allylic oxidation sites excluding steroid dienone is 3. The average Bonchev–Trinajstić information content (AvgIpc) is 3.71. The van der Waals surface area contributed by atoms with Gasteiger partial charge in [0.15, 0.2) is 0 Å². The van der Waals surface area contributed by atoms with E-state index in [0.717, 1.165) is 85.6 Å². The first kappa shape index (κ1) is 26.2. The molecule has 1 aliphatic rings. The highest BCUT2D eigenvalue weighted by Crippen LogP contribution is 2.35. The summed E-state index contributed by atoms with van der Waals surface area (Å²) < 4.78 is 0. The maximum Gasteiger partial charge on any atom is 0.116 e. The molecule has 202 valence electrons. The number of pyridine rings is 2. The zero-order valence-corrected chi connectivity index (χ0v) is 23.9. The predicted molar refractivity (Wildman–Crippen MR) is 168 cm³/mol. The number of thiophene rings is 1. The van der Waals surface area contributed by atoms with Crippen molar-refractivity contribution in [3.8, 4) is 22.0 Å². The first-order valence-electron chi connectivity index (χ1n) is 13.8. The van der Waals surface area contributed by atoms with Crippen LogP contribution in [0.2, 0.25) is 0 Å². The number of nitrogens with zero attached hydrogens (tertiary/aromatic N) is 3. The van der Waals surface area contributed by atoms with E-state index in [2.05, 4.69) is 75.9 Å². The van der Waals surface area contributed by atoms with Crippen LogP contribution >= 0.6 is 11.3 Å². The van der Waals surface area contributed by atoms with Crippen LogP contribution in [0.15, 0.2) is 61.6 Å². The lowest BCUT2D eigenvalue weighted by Gasteiger charge is -2.22. The lowest BCUT2D eigenvalue weighted by molar-refractivity contribution is 0.372. The van der Waals surface area contributed by atoms with Gasteiger partial charge in [0.2, 0.25) is 0 Å². The highest BCUT2D eigenvalue weighted by Gasteiger charge is 2.15. The van der Waals surface area contributed by atoms with Crippen molar-refractivity contribution in [3.05, 3.63) is 88.1 Å². The Hall–Kier alpha value is -4.07. The summed E-state index contributed by atoms with van der Waals surface area (Å²) in [5.74, 6) is 0.738. The van der Waals surface area contributed by atoms with E-state index in [0.29, 0.717) is 0 Å². The number of rotatable bonds is 7. The van der Waals surface area contributed by atoms with E-state index < -0.39 is 0 Å². The van der Waals surface area contributed by atoms with Gasteiger partial charge >= 0.3 is 0 Å². The summed E-state index contributed by atoms with van der Waals surface area (Å²) in [6, 6.07) is 10.6. The first-order chi connectivity index (χ1) is 19.5. The van der Waals surface area contributed by atoms with Crippen molar-refractivity contribution in [1.82, 2.24) is 30.5 Å². The van der Waals surface area contributed by atoms with Crippen LogP contribution in [-0.4, -0.2) is 38.2 Å². The lowest BCUT2D eigenvalue weighted by Crippen LogP contribution is -2.28. The van der Waals surface area contributed by atoms with Crippen molar-refractivity contribution in [2.45, 2.75) is 33.1 Å². The van der Waals surface area contributed by atoms with E-state index in [1.54, 1.807) is 11.3 Å². The van der Waals surface area contributed by atoms with Gasteiger partial charge in [0, 0.05) is 39.6 Å². The molecule has 40 heavy (non-hydrogen) atoms. The number of piperidine rings is 1. The molecule has 0 bridgehead atoms. The molecule has 5 aromatic heterocycles. The Morgan fingerprint density at radius 2 is 1.95 bits per heavy atom. The summed E-state index contributed by atoms with van der Waals surface area (Å²) in [4.78, 5) is 15.0. The minimum Gasteiger partial charge on any atom is -0.353 e. The van der Waals surface area contributed by atoms with Gasteiger partial charge in [-0.25, -0.2) is 0 Å². The third kappa shape index (κ3) is 5.35. The fourth-order valence-corrected chi connectivity index (χ4v) is 6.29. The van der Waals surface area contributed by atoms with Crippen LogP contribution in [0.25, 0.3) is 56.7 Å². The second-order valence-electron chi connectivity index (χ2n) is 10.7. The summed E-state index contributed by atoms with van der Waals surface area (Å²) in [5, 5.41) is 14.0. The van der Waals surface area contributed by atoms with Gasteiger partial charge < -0.3 is 10.3 Å². The van der Waals surface area contributed by atoms with Crippen LogP contribution < -0.4 is 15.9 Å². The fourth-order valence-electron chi connectivity index (χ4n) is 5.35. The number of aromatic amines is 2. The normalized spacial score (nSPS) is 15.2. The molecule has 0 aromatic carbocycles. The lowest BCUT2D eigenvalue weighted by atomic mass is 9.91. The summed E-state index contributed by atoms with van der Waals surface area (Å²) in [6.07, 6.45) is 13.5. The molecule has 0 unspecified atom stereocenters. The molecule has 1 saturated heterocycles. The van der Waals surface area contributed by atoms with Gasteiger partial charge in [-0.3, -0.25) is 15.1 Å². The first-order valence-corrected chi connectivity index (χ1v) is 14.6. The van der Waals surface area contributed by atoms with Crippen molar-refractivity contribution < 1.29 is 0 Å². The molecule has 1 fully saturated rings. The van der Waals surface area contributed by atoms with Gasteiger partial charge in [0.05, 0.1) is 21.6 Å². The Balaban J connectivity index is 1.27. The molecule has 3 N–H and O–H groups in total. The van der Waals surface area contributed by atoms with Gasteiger partial charge in [-0.15, -0.1) is 11.3 Å². The molecule has 1 aliphatic heterocycles. The van der Waals surface area contributed by atoms with Crippen LogP contribution in [0.1, 0.15) is 42.7 Å². The standard InChI is InChI=1S/C33H34N6S/c1-20(2)30-7-8-31(40-30)33-26-17-29(37-28(26)11-14-36-33)32-22(4)27(38-39-32)6-5-21(3)25-16-24(18-35-19-25)15-23-9-12-34-13-10-23/h5-8,11,14,16-19,23,34,37-38H,1,4,9-10,12-13,15H2,2-3H3/b21-5+,27-6+. The molecule has 6 nitrogen and oxygen atoms in total. The molecule has 7 heteroatoms. The average molecular weight is 547 g/mol. The Kier molecular flexibility index (Phi) is 7.32. The van der Waals surface area contributed by atoms with Crippen molar-refractivity contribution >= 4 is 46.0 Å². The van der Waals surface area contributed by atoms with Crippen molar-refractivity contribution in [1.29, 1.82) is 0 Å². The Morgan fingerprint density at radius 3 is 2.75 bits per heavy atom. The van der Waals surface area contributed by atoms with E-state index in [1.165, 1.54) is 23.3 Å². The van der Waals surface area contributed by atoms with Gasteiger partial charge in [0.1, 0.15) is 5.69 Å². The van der Waals surface area contributed by atoms with E-state index in [-0.39, 0.29) is 0 Å². The summed E-state index contributed by atoms with van der Waals surface area (Å²) in [7, 11) is 0. The fraction of sp³-hybridized carbons (Fsp3) is 0.242. The maximum absolute atomic E-state index is 4.70. The molecule has 5 aromatic rings. The second kappa shape index (κ2) is 11.2. The number of H-pyrrole nitrogens is 2. The smallest absolute Gasteiger partial charge is 0.116 e. The Morgan fingerprint density at radius 1 is 1.10 bits per heavy atom. The largest absolute Gasteiger partial charge is 0.353 e.